The first-order valence-corrected chi connectivity index (χ1v) is 8.91. The van der Waals surface area contributed by atoms with Crippen LogP contribution in [-0.4, -0.2) is 60.3 Å². The van der Waals surface area contributed by atoms with Crippen LogP contribution in [0, 0.1) is 0 Å². The van der Waals surface area contributed by atoms with Gasteiger partial charge < -0.3 is 9.64 Å². The van der Waals surface area contributed by atoms with Crippen LogP contribution in [-0.2, 0) is 15.0 Å². The number of hydrogen-bond acceptors (Lipinski definition) is 7. The Hall–Kier alpha value is -2.78. The lowest BCUT2D eigenvalue weighted by molar-refractivity contribution is 0.122. The Morgan fingerprint density at radius 3 is 2.76 bits per heavy atom. The van der Waals surface area contributed by atoms with E-state index in [0.29, 0.717) is 48.9 Å². The van der Waals surface area contributed by atoms with Crippen molar-refractivity contribution >= 4 is 32.4 Å². The number of morpholine rings is 1. The topological polar surface area (TPSA) is 101 Å². The van der Waals surface area contributed by atoms with Crippen LogP contribution in [0.1, 0.15) is 5.56 Å². The second-order valence-corrected chi connectivity index (χ2v) is 6.34. The third kappa shape index (κ3) is 3.11. The second kappa shape index (κ2) is 6.61. The van der Waals surface area contributed by atoms with E-state index in [0.717, 1.165) is 11.1 Å². The van der Waals surface area contributed by atoms with E-state index >= 15 is 0 Å². The summed E-state index contributed by atoms with van der Waals surface area (Å²) in [4.78, 5) is 11.2. The predicted octanol–water partition coefficient (Wildman–Crippen LogP) is 0.886. The Morgan fingerprint density at radius 1 is 1.20 bits per heavy atom. The van der Waals surface area contributed by atoms with Gasteiger partial charge in [0.25, 0.3) is 0 Å². The van der Waals surface area contributed by atoms with Crippen LogP contribution in [0.3, 0.4) is 0 Å². The molecule has 0 radical (unpaired) electrons. The number of hydrogen-bond donors (Lipinski definition) is 1. The van der Waals surface area contributed by atoms with Crippen molar-refractivity contribution in [2.75, 3.05) is 31.2 Å². The smallest absolute Gasteiger partial charge is 0.214 e. The summed E-state index contributed by atoms with van der Waals surface area (Å²) in [5.41, 5.74) is 2.70. The van der Waals surface area contributed by atoms with Gasteiger partial charge in [-0.3, -0.25) is 10.1 Å². The molecule has 0 aromatic carbocycles. The molecule has 1 aliphatic heterocycles. The van der Waals surface area contributed by atoms with E-state index in [2.05, 4.69) is 15.2 Å². The zero-order valence-corrected chi connectivity index (χ0v) is 14.0. The lowest BCUT2D eigenvalue weighted by Crippen LogP contribution is -2.37. The monoisotopic (exact) mass is 357 g/mol. The SMILES string of the molecule is O=S(=O)=Cc1cc2ccnc(-c3ccn[nH]3)c2nc1N1CCOCC1. The van der Waals surface area contributed by atoms with Gasteiger partial charge in [-0.05, 0) is 18.2 Å². The van der Waals surface area contributed by atoms with Crippen molar-refractivity contribution in [1.29, 1.82) is 0 Å². The summed E-state index contributed by atoms with van der Waals surface area (Å²) in [6, 6.07) is 5.46. The Bertz CT molecular complexity index is 1030. The molecule has 0 spiro atoms. The molecule has 0 saturated carbocycles. The molecule has 1 fully saturated rings. The second-order valence-electron chi connectivity index (χ2n) is 5.58. The molecule has 4 heterocycles. The third-order valence-corrected chi connectivity index (χ3v) is 4.48. The normalized spacial score (nSPS) is 14.6. The number of H-pyrrole nitrogens is 1. The van der Waals surface area contributed by atoms with E-state index in [1.165, 1.54) is 5.37 Å². The maximum absolute atomic E-state index is 11.2. The average Bonchev–Trinajstić information content (AvgIpc) is 3.15. The molecular formula is C16H15N5O3S. The molecule has 0 bridgehead atoms. The maximum Gasteiger partial charge on any atom is 0.214 e. The number of aromatic nitrogens is 4. The van der Waals surface area contributed by atoms with Crippen LogP contribution in [0.2, 0.25) is 0 Å². The number of rotatable bonds is 3. The van der Waals surface area contributed by atoms with Gasteiger partial charge in [0.05, 0.1) is 24.3 Å². The lowest BCUT2D eigenvalue weighted by atomic mass is 10.1. The van der Waals surface area contributed by atoms with Crippen LogP contribution in [0.4, 0.5) is 5.82 Å². The van der Waals surface area contributed by atoms with Gasteiger partial charge in [0.2, 0.25) is 10.3 Å². The fourth-order valence-electron chi connectivity index (χ4n) is 2.91. The highest BCUT2D eigenvalue weighted by molar-refractivity contribution is 7.71. The molecule has 8 nitrogen and oxygen atoms in total. The van der Waals surface area contributed by atoms with Crippen molar-refractivity contribution in [1.82, 2.24) is 20.2 Å². The Balaban J connectivity index is 1.96. The maximum atomic E-state index is 11.2. The van der Waals surface area contributed by atoms with Crippen molar-refractivity contribution in [2.45, 2.75) is 0 Å². The van der Waals surface area contributed by atoms with Crippen LogP contribution >= 0.6 is 0 Å². The van der Waals surface area contributed by atoms with Crippen molar-refractivity contribution < 1.29 is 13.2 Å². The summed E-state index contributed by atoms with van der Waals surface area (Å²) in [7, 11) is -2.31. The fraction of sp³-hybridized carbons (Fsp3) is 0.250. The Labute approximate surface area is 145 Å². The quantitative estimate of drug-likeness (QED) is 0.695. The number of aromatic amines is 1. The largest absolute Gasteiger partial charge is 0.378 e. The van der Waals surface area contributed by atoms with E-state index in [9.17, 15) is 8.42 Å². The summed E-state index contributed by atoms with van der Waals surface area (Å²) in [5.74, 6) is 0.619. The summed E-state index contributed by atoms with van der Waals surface area (Å²) >= 11 is 0. The molecule has 1 saturated heterocycles. The average molecular weight is 357 g/mol. The van der Waals surface area contributed by atoms with E-state index in [1.807, 2.05) is 23.1 Å². The number of anilines is 1. The van der Waals surface area contributed by atoms with Gasteiger partial charge in [-0.15, -0.1) is 0 Å². The first kappa shape index (κ1) is 15.7. The van der Waals surface area contributed by atoms with Crippen molar-refractivity contribution in [2.24, 2.45) is 0 Å². The van der Waals surface area contributed by atoms with Gasteiger partial charge in [-0.25, -0.2) is 4.98 Å². The first-order chi connectivity index (χ1) is 12.2. The first-order valence-electron chi connectivity index (χ1n) is 7.77. The van der Waals surface area contributed by atoms with Gasteiger partial charge in [-0.1, -0.05) is 0 Å². The summed E-state index contributed by atoms with van der Waals surface area (Å²) < 4.78 is 27.9. The molecule has 3 aromatic heterocycles. The number of pyridine rings is 2. The van der Waals surface area contributed by atoms with Crippen LogP contribution in [0.25, 0.3) is 22.3 Å². The highest BCUT2D eigenvalue weighted by Gasteiger charge is 2.18. The highest BCUT2D eigenvalue weighted by atomic mass is 32.2. The van der Waals surface area contributed by atoms with Gasteiger partial charge in [0.1, 0.15) is 17.0 Å². The number of fused-ring (bicyclic) bond motifs is 1. The van der Waals surface area contributed by atoms with Crippen molar-refractivity contribution in [3.05, 3.63) is 36.2 Å². The molecule has 128 valence electrons. The molecule has 4 rings (SSSR count). The van der Waals surface area contributed by atoms with E-state index in [4.69, 9.17) is 9.72 Å². The molecule has 0 unspecified atom stereocenters. The van der Waals surface area contributed by atoms with Crippen LogP contribution in [0.15, 0.2) is 30.6 Å². The van der Waals surface area contributed by atoms with Crippen molar-refractivity contribution in [3.8, 4) is 11.4 Å². The molecule has 1 aliphatic rings. The van der Waals surface area contributed by atoms with E-state index < -0.39 is 10.3 Å². The predicted molar refractivity (Wildman–Crippen MR) is 94.2 cm³/mol. The van der Waals surface area contributed by atoms with Gasteiger partial charge in [-0.2, -0.15) is 13.5 Å². The molecule has 9 heteroatoms. The van der Waals surface area contributed by atoms with E-state index in [-0.39, 0.29) is 0 Å². The molecule has 3 aromatic rings. The minimum absolute atomic E-state index is 0.560. The number of nitrogens with zero attached hydrogens (tertiary/aromatic N) is 4. The zero-order chi connectivity index (χ0) is 17.2. The van der Waals surface area contributed by atoms with Crippen molar-refractivity contribution in [3.63, 3.8) is 0 Å². The molecular weight excluding hydrogens is 342 g/mol. The van der Waals surface area contributed by atoms with Gasteiger partial charge >= 0.3 is 0 Å². The molecule has 25 heavy (non-hydrogen) atoms. The fourth-order valence-corrected chi connectivity index (χ4v) is 3.29. The van der Waals surface area contributed by atoms with Gasteiger partial charge in [0, 0.05) is 36.4 Å². The summed E-state index contributed by atoms with van der Waals surface area (Å²) in [6.07, 6.45) is 3.33. The van der Waals surface area contributed by atoms with Crippen LogP contribution in [0.5, 0.6) is 0 Å². The molecule has 0 aliphatic carbocycles. The number of nitrogens with one attached hydrogen (secondary N) is 1. The standard InChI is InChI=1S/C16H15N5O3S/c22-25(23)10-12-9-11-1-3-17-15(13-2-4-18-20-13)14(11)19-16(12)21-5-7-24-8-6-21/h1-4,9-10H,5-8H2,(H,18,20). The zero-order valence-electron chi connectivity index (χ0n) is 13.2. The molecule has 0 amide bonds. The Morgan fingerprint density at radius 2 is 2.04 bits per heavy atom. The third-order valence-electron chi connectivity index (χ3n) is 4.03. The van der Waals surface area contributed by atoms with E-state index in [1.54, 1.807) is 12.4 Å². The summed E-state index contributed by atoms with van der Waals surface area (Å²) in [5, 5.41) is 8.87. The molecule has 0 atom stereocenters. The highest BCUT2D eigenvalue weighted by Crippen LogP contribution is 2.28. The molecule has 1 N–H and O–H groups in total. The Kier molecular flexibility index (Phi) is 4.16. The number of ether oxygens (including phenoxy) is 1. The van der Waals surface area contributed by atoms with Crippen LogP contribution < -0.4 is 4.90 Å². The van der Waals surface area contributed by atoms with Gasteiger partial charge in [0.15, 0.2) is 0 Å². The minimum Gasteiger partial charge on any atom is -0.378 e. The minimum atomic E-state index is -2.31. The lowest BCUT2D eigenvalue weighted by Gasteiger charge is -2.29. The summed E-state index contributed by atoms with van der Waals surface area (Å²) in [6.45, 7) is 2.48.